The van der Waals surface area contributed by atoms with Crippen molar-refractivity contribution in [2.75, 3.05) is 16.2 Å². The van der Waals surface area contributed by atoms with E-state index in [9.17, 15) is 13.2 Å². The maximum atomic E-state index is 13.7. The van der Waals surface area contributed by atoms with Gasteiger partial charge in [-0.05, 0) is 117 Å². The molecular formula is C31H32Cl2N2O3S. The molecule has 4 aliphatic rings. The van der Waals surface area contributed by atoms with Gasteiger partial charge in [-0.1, -0.05) is 53.0 Å². The number of benzene rings is 3. The van der Waals surface area contributed by atoms with Crippen molar-refractivity contribution in [1.29, 1.82) is 0 Å². The molecule has 39 heavy (non-hydrogen) atoms. The molecule has 4 bridgehead atoms. The zero-order valence-corrected chi connectivity index (χ0v) is 24.1. The Hall–Kier alpha value is -2.54. The fraction of sp³-hybridized carbons (Fsp3) is 0.387. The second-order valence-corrected chi connectivity index (χ2v) is 14.3. The van der Waals surface area contributed by atoms with Gasteiger partial charge >= 0.3 is 0 Å². The van der Waals surface area contributed by atoms with Gasteiger partial charge in [0.15, 0.2) is 0 Å². The summed E-state index contributed by atoms with van der Waals surface area (Å²) in [7, 11) is -4.10. The molecular weight excluding hydrogens is 551 g/mol. The number of halogens is 2. The van der Waals surface area contributed by atoms with E-state index in [0.717, 1.165) is 33.5 Å². The molecule has 0 radical (unpaired) electrons. The Bertz CT molecular complexity index is 1460. The van der Waals surface area contributed by atoms with Crippen LogP contribution in [-0.2, 0) is 14.8 Å². The maximum Gasteiger partial charge on any atom is 0.264 e. The second-order valence-electron chi connectivity index (χ2n) is 11.5. The number of amides is 1. The predicted molar refractivity (Wildman–Crippen MR) is 157 cm³/mol. The quantitative estimate of drug-likeness (QED) is 0.310. The van der Waals surface area contributed by atoms with E-state index < -0.39 is 22.5 Å². The van der Waals surface area contributed by atoms with Gasteiger partial charge in [0.25, 0.3) is 10.0 Å². The van der Waals surface area contributed by atoms with Gasteiger partial charge in [0.2, 0.25) is 5.91 Å². The van der Waals surface area contributed by atoms with Crippen LogP contribution in [0.2, 0.25) is 10.0 Å². The van der Waals surface area contributed by atoms with Crippen LogP contribution in [0.25, 0.3) is 0 Å². The summed E-state index contributed by atoms with van der Waals surface area (Å²) in [6.45, 7) is 1.43. The molecule has 1 amide bonds. The number of carbonyl (C=O) groups excluding carboxylic acids is 1. The summed E-state index contributed by atoms with van der Waals surface area (Å²) in [5.41, 5.74) is 3.07. The molecule has 0 unspecified atom stereocenters. The zero-order valence-electron chi connectivity index (χ0n) is 21.8. The summed E-state index contributed by atoms with van der Waals surface area (Å²) in [5, 5.41) is 3.38. The van der Waals surface area contributed by atoms with Crippen LogP contribution in [0.15, 0.2) is 71.6 Å². The smallest absolute Gasteiger partial charge is 0.264 e. The molecule has 204 valence electrons. The van der Waals surface area contributed by atoms with Gasteiger partial charge in [-0.3, -0.25) is 9.10 Å². The first kappa shape index (κ1) is 26.7. The number of sulfonamides is 1. The molecule has 0 atom stereocenters. The number of nitrogens with one attached hydrogen (secondary N) is 1. The first-order valence-corrected chi connectivity index (χ1v) is 15.8. The fourth-order valence-corrected chi connectivity index (χ4v) is 9.27. The Labute approximate surface area is 240 Å². The zero-order chi connectivity index (χ0) is 27.3. The van der Waals surface area contributed by atoms with Crippen LogP contribution in [0.3, 0.4) is 0 Å². The van der Waals surface area contributed by atoms with E-state index in [1.165, 1.54) is 61.9 Å². The number of carbonyl (C=O) groups is 1. The molecule has 4 aliphatic carbocycles. The van der Waals surface area contributed by atoms with Crippen molar-refractivity contribution in [2.45, 2.75) is 49.8 Å². The normalized spacial score (nSPS) is 25.5. The molecule has 3 aromatic carbocycles. The van der Waals surface area contributed by atoms with Gasteiger partial charge in [-0.15, -0.1) is 0 Å². The average Bonchev–Trinajstić information content (AvgIpc) is 2.89. The van der Waals surface area contributed by atoms with Crippen molar-refractivity contribution in [3.63, 3.8) is 0 Å². The Morgan fingerprint density at radius 2 is 1.49 bits per heavy atom. The summed E-state index contributed by atoms with van der Waals surface area (Å²) in [6, 6.07) is 19.2. The van der Waals surface area contributed by atoms with Gasteiger partial charge in [0.05, 0.1) is 15.6 Å². The summed E-state index contributed by atoms with van der Waals surface area (Å²) < 4.78 is 28.4. The Kier molecular flexibility index (Phi) is 7.15. The molecule has 0 aliphatic heterocycles. The number of hydrogen-bond donors (Lipinski definition) is 1. The minimum Gasteiger partial charge on any atom is -0.325 e. The summed E-state index contributed by atoms with van der Waals surface area (Å²) in [6.07, 6.45) is 6.85. The van der Waals surface area contributed by atoms with Gasteiger partial charge in [0.1, 0.15) is 6.54 Å². The Morgan fingerprint density at radius 1 is 0.872 bits per heavy atom. The number of hydrogen-bond acceptors (Lipinski definition) is 3. The molecule has 7 rings (SSSR count). The van der Waals surface area contributed by atoms with Crippen LogP contribution in [0, 0.1) is 30.6 Å². The lowest BCUT2D eigenvalue weighted by atomic mass is 9.51. The molecule has 0 saturated heterocycles. The summed E-state index contributed by atoms with van der Waals surface area (Å²) in [5.74, 6) is 3.56. The first-order valence-electron chi connectivity index (χ1n) is 13.6. The van der Waals surface area contributed by atoms with Crippen molar-refractivity contribution < 1.29 is 13.2 Å². The Balaban J connectivity index is 1.21. The predicted octanol–water partition coefficient (Wildman–Crippen LogP) is 7.68. The van der Waals surface area contributed by atoms with E-state index in [1.807, 2.05) is 19.1 Å². The number of anilines is 2. The molecule has 4 saturated carbocycles. The third-order valence-corrected chi connectivity index (χ3v) is 11.2. The topological polar surface area (TPSA) is 66.5 Å². The van der Waals surface area contributed by atoms with E-state index in [1.54, 1.807) is 18.2 Å². The maximum absolute atomic E-state index is 13.7. The van der Waals surface area contributed by atoms with E-state index in [-0.39, 0.29) is 15.6 Å². The van der Waals surface area contributed by atoms with E-state index in [0.29, 0.717) is 16.6 Å². The minimum absolute atomic E-state index is 0.0666. The molecule has 0 aromatic heterocycles. The summed E-state index contributed by atoms with van der Waals surface area (Å²) >= 11 is 12.6. The van der Waals surface area contributed by atoms with Gasteiger partial charge < -0.3 is 5.32 Å². The van der Waals surface area contributed by atoms with Crippen molar-refractivity contribution in [1.82, 2.24) is 0 Å². The third-order valence-electron chi connectivity index (χ3n) is 8.88. The van der Waals surface area contributed by atoms with E-state index in [4.69, 9.17) is 23.2 Å². The molecule has 0 heterocycles. The van der Waals surface area contributed by atoms with Crippen LogP contribution in [0.4, 0.5) is 11.4 Å². The van der Waals surface area contributed by atoms with Crippen LogP contribution in [0.5, 0.6) is 0 Å². The molecule has 8 heteroatoms. The van der Waals surface area contributed by atoms with Gasteiger partial charge in [-0.25, -0.2) is 8.42 Å². The highest BCUT2D eigenvalue weighted by molar-refractivity contribution is 7.92. The van der Waals surface area contributed by atoms with Crippen molar-refractivity contribution in [3.8, 4) is 0 Å². The molecule has 5 nitrogen and oxygen atoms in total. The van der Waals surface area contributed by atoms with Crippen LogP contribution in [0.1, 0.15) is 49.1 Å². The highest BCUT2D eigenvalue weighted by atomic mass is 35.5. The van der Waals surface area contributed by atoms with Crippen LogP contribution >= 0.6 is 23.2 Å². The number of aryl methyl sites for hydroxylation is 1. The molecule has 1 N–H and O–H groups in total. The lowest BCUT2D eigenvalue weighted by Gasteiger charge is -2.54. The van der Waals surface area contributed by atoms with Crippen LogP contribution in [-0.4, -0.2) is 20.9 Å². The largest absolute Gasteiger partial charge is 0.325 e. The number of rotatable bonds is 7. The average molecular weight is 584 g/mol. The Morgan fingerprint density at radius 3 is 2.10 bits per heavy atom. The van der Waals surface area contributed by atoms with Crippen molar-refractivity contribution in [3.05, 3.63) is 87.9 Å². The van der Waals surface area contributed by atoms with Crippen molar-refractivity contribution in [2.24, 2.45) is 23.7 Å². The lowest BCUT2D eigenvalue weighted by Crippen LogP contribution is -2.43. The molecule has 0 spiro atoms. The molecule has 4 fully saturated rings. The fourth-order valence-electron chi connectivity index (χ4n) is 7.40. The number of nitrogens with zero attached hydrogens (tertiary/aromatic N) is 1. The standard InChI is InChI=1S/C31H32Cl2N2O3S/c1-19-2-9-27(10-3-19)39(37,38)35(29-17-25(32)6-11-28(29)33)18-30(36)34-26-7-4-22(5-8-26)31-23-13-20-12-21(15-23)16-24(31)14-20/h2-11,17,20-21,23-24,31H,12-16,18H2,1H3,(H,34,36). The SMILES string of the molecule is Cc1ccc(S(=O)(=O)N(CC(=O)Nc2ccc(C3C4CC5CC(C4)CC3C5)cc2)c2cc(Cl)ccc2Cl)cc1. The van der Waals surface area contributed by atoms with Gasteiger partial charge in [-0.2, -0.15) is 0 Å². The summed E-state index contributed by atoms with van der Waals surface area (Å²) in [4.78, 5) is 13.3. The monoisotopic (exact) mass is 582 g/mol. The lowest BCUT2D eigenvalue weighted by molar-refractivity contribution is -0.114. The van der Waals surface area contributed by atoms with Crippen molar-refractivity contribution >= 4 is 50.5 Å². The van der Waals surface area contributed by atoms with E-state index in [2.05, 4.69) is 17.4 Å². The first-order chi connectivity index (χ1) is 18.7. The molecule has 3 aromatic rings. The highest BCUT2D eigenvalue weighted by Crippen LogP contribution is 2.59. The minimum atomic E-state index is -4.10. The second kappa shape index (κ2) is 10.5. The van der Waals surface area contributed by atoms with Gasteiger partial charge in [0, 0.05) is 10.7 Å². The third kappa shape index (κ3) is 5.31. The van der Waals surface area contributed by atoms with Crippen LogP contribution < -0.4 is 9.62 Å². The highest BCUT2D eigenvalue weighted by Gasteiger charge is 2.48. The van der Waals surface area contributed by atoms with E-state index >= 15 is 0 Å².